The van der Waals surface area contributed by atoms with Crippen LogP contribution < -0.4 is 15.4 Å². The van der Waals surface area contributed by atoms with Gasteiger partial charge < -0.3 is 19.8 Å². The first-order valence-electron chi connectivity index (χ1n) is 7.42. The van der Waals surface area contributed by atoms with E-state index in [0.717, 1.165) is 17.1 Å². The van der Waals surface area contributed by atoms with Crippen molar-refractivity contribution in [3.63, 3.8) is 0 Å². The van der Waals surface area contributed by atoms with Gasteiger partial charge in [0.2, 0.25) is 0 Å². The van der Waals surface area contributed by atoms with E-state index in [1.807, 2.05) is 24.3 Å². The fraction of sp³-hybridized carbons (Fsp3) is 0.111. The Morgan fingerprint density at radius 3 is 2.71 bits per heavy atom. The maximum absolute atomic E-state index is 12.2. The molecule has 0 aliphatic heterocycles. The van der Waals surface area contributed by atoms with Crippen molar-refractivity contribution >= 4 is 17.3 Å². The third-order valence-electron chi connectivity index (χ3n) is 3.37. The van der Waals surface area contributed by atoms with Gasteiger partial charge in [-0.1, -0.05) is 0 Å². The maximum Gasteiger partial charge on any atom is 0.270 e. The number of carbonyl (C=O) groups is 1. The molecule has 0 bridgehead atoms. The van der Waals surface area contributed by atoms with Crippen molar-refractivity contribution < 1.29 is 13.9 Å². The standard InChI is InChI=1S/C18H17N3O3/c1-23-15-6-4-13(5-7-15)21-14-8-9-19-17(11-14)18(22)20-12-16-3-2-10-24-16/h2-11H,12H2,1H3,(H,19,21)(H,20,22). The van der Waals surface area contributed by atoms with E-state index in [-0.39, 0.29) is 5.91 Å². The Kier molecular flexibility index (Phi) is 4.76. The lowest BCUT2D eigenvalue weighted by molar-refractivity contribution is 0.0943. The molecule has 3 rings (SSSR count). The van der Waals surface area contributed by atoms with Crippen molar-refractivity contribution in [3.8, 4) is 5.75 Å². The van der Waals surface area contributed by atoms with Crippen LogP contribution >= 0.6 is 0 Å². The monoisotopic (exact) mass is 323 g/mol. The molecule has 0 saturated heterocycles. The Bertz CT molecular complexity index is 799. The largest absolute Gasteiger partial charge is 0.497 e. The summed E-state index contributed by atoms with van der Waals surface area (Å²) in [7, 11) is 1.62. The molecule has 0 radical (unpaired) electrons. The first-order valence-corrected chi connectivity index (χ1v) is 7.42. The van der Waals surface area contributed by atoms with Gasteiger partial charge in [0.25, 0.3) is 5.91 Å². The lowest BCUT2D eigenvalue weighted by Crippen LogP contribution is -2.23. The van der Waals surface area contributed by atoms with Crippen LogP contribution in [0.2, 0.25) is 0 Å². The Hall–Kier alpha value is -3.28. The zero-order valence-electron chi connectivity index (χ0n) is 13.2. The Labute approximate surface area is 139 Å². The van der Waals surface area contributed by atoms with Crippen molar-refractivity contribution in [1.82, 2.24) is 10.3 Å². The first-order chi connectivity index (χ1) is 11.7. The summed E-state index contributed by atoms with van der Waals surface area (Å²) in [5.41, 5.74) is 2.00. The molecule has 0 aliphatic rings. The van der Waals surface area contributed by atoms with E-state index in [0.29, 0.717) is 18.0 Å². The van der Waals surface area contributed by atoms with Crippen LogP contribution in [0.4, 0.5) is 11.4 Å². The number of methoxy groups -OCH3 is 1. The highest BCUT2D eigenvalue weighted by molar-refractivity contribution is 5.93. The van der Waals surface area contributed by atoms with Crippen LogP contribution in [0.1, 0.15) is 16.2 Å². The average Bonchev–Trinajstić information content (AvgIpc) is 3.14. The van der Waals surface area contributed by atoms with Gasteiger partial charge in [-0.05, 0) is 48.5 Å². The fourth-order valence-electron chi connectivity index (χ4n) is 2.14. The summed E-state index contributed by atoms with van der Waals surface area (Å²) >= 11 is 0. The zero-order valence-corrected chi connectivity index (χ0v) is 13.2. The third-order valence-corrected chi connectivity index (χ3v) is 3.37. The molecule has 0 unspecified atom stereocenters. The van der Waals surface area contributed by atoms with Gasteiger partial charge in [-0.25, -0.2) is 0 Å². The van der Waals surface area contributed by atoms with Crippen LogP contribution in [-0.2, 0) is 6.54 Å². The smallest absolute Gasteiger partial charge is 0.270 e. The lowest BCUT2D eigenvalue weighted by Gasteiger charge is -2.09. The first kappa shape index (κ1) is 15.6. The number of furan rings is 1. The van der Waals surface area contributed by atoms with E-state index < -0.39 is 0 Å². The Balaban J connectivity index is 1.65. The molecule has 2 N–H and O–H groups in total. The molecule has 24 heavy (non-hydrogen) atoms. The number of nitrogens with one attached hydrogen (secondary N) is 2. The molecule has 2 aromatic heterocycles. The van der Waals surface area contributed by atoms with Crippen LogP contribution in [0.3, 0.4) is 0 Å². The number of nitrogens with zero attached hydrogens (tertiary/aromatic N) is 1. The molecule has 0 spiro atoms. The lowest BCUT2D eigenvalue weighted by atomic mass is 10.2. The van der Waals surface area contributed by atoms with Gasteiger partial charge in [0.1, 0.15) is 17.2 Å². The van der Waals surface area contributed by atoms with E-state index in [1.54, 1.807) is 43.8 Å². The van der Waals surface area contributed by atoms with Gasteiger partial charge >= 0.3 is 0 Å². The number of aromatic nitrogens is 1. The minimum atomic E-state index is -0.259. The van der Waals surface area contributed by atoms with E-state index in [1.165, 1.54) is 0 Å². The molecule has 0 aliphatic carbocycles. The number of hydrogen-bond acceptors (Lipinski definition) is 5. The van der Waals surface area contributed by atoms with Crippen molar-refractivity contribution in [2.45, 2.75) is 6.54 Å². The molecule has 0 fully saturated rings. The van der Waals surface area contributed by atoms with E-state index in [4.69, 9.17) is 9.15 Å². The average molecular weight is 323 g/mol. The predicted molar refractivity (Wildman–Crippen MR) is 90.4 cm³/mol. The maximum atomic E-state index is 12.2. The van der Waals surface area contributed by atoms with Gasteiger partial charge in [-0.15, -0.1) is 0 Å². The number of benzene rings is 1. The molecular formula is C18H17N3O3. The number of hydrogen-bond donors (Lipinski definition) is 2. The molecule has 2 heterocycles. The second kappa shape index (κ2) is 7.32. The molecule has 1 amide bonds. The fourth-order valence-corrected chi connectivity index (χ4v) is 2.14. The number of amides is 1. The van der Waals surface area contributed by atoms with Gasteiger partial charge in [0, 0.05) is 17.6 Å². The van der Waals surface area contributed by atoms with Crippen LogP contribution in [0.25, 0.3) is 0 Å². The normalized spacial score (nSPS) is 10.2. The highest BCUT2D eigenvalue weighted by Crippen LogP contribution is 2.20. The second-order valence-electron chi connectivity index (χ2n) is 5.05. The summed E-state index contributed by atoms with van der Waals surface area (Å²) in [4.78, 5) is 16.3. The number of carbonyl (C=O) groups excluding carboxylic acids is 1. The van der Waals surface area contributed by atoms with Crippen LogP contribution in [0, 0.1) is 0 Å². The molecule has 3 aromatic rings. The van der Waals surface area contributed by atoms with Gasteiger partial charge in [0.05, 0.1) is 19.9 Å². The molecular weight excluding hydrogens is 306 g/mol. The summed E-state index contributed by atoms with van der Waals surface area (Å²) in [6.45, 7) is 0.323. The summed E-state index contributed by atoms with van der Waals surface area (Å²) in [5, 5.41) is 5.99. The van der Waals surface area contributed by atoms with E-state index in [2.05, 4.69) is 15.6 Å². The van der Waals surface area contributed by atoms with E-state index >= 15 is 0 Å². The molecule has 0 atom stereocenters. The Morgan fingerprint density at radius 2 is 2.00 bits per heavy atom. The number of ether oxygens (including phenoxy) is 1. The minimum absolute atomic E-state index is 0.259. The minimum Gasteiger partial charge on any atom is -0.497 e. The molecule has 6 heteroatoms. The van der Waals surface area contributed by atoms with Crippen molar-refractivity contribution in [1.29, 1.82) is 0 Å². The molecule has 6 nitrogen and oxygen atoms in total. The van der Waals surface area contributed by atoms with Crippen molar-refractivity contribution in [2.24, 2.45) is 0 Å². The topological polar surface area (TPSA) is 76.4 Å². The van der Waals surface area contributed by atoms with Crippen molar-refractivity contribution in [2.75, 3.05) is 12.4 Å². The molecule has 122 valence electrons. The van der Waals surface area contributed by atoms with Gasteiger partial charge in [0.15, 0.2) is 0 Å². The molecule has 1 aromatic carbocycles. The number of anilines is 2. The summed E-state index contributed by atoms with van der Waals surface area (Å²) < 4.78 is 10.3. The third kappa shape index (κ3) is 3.92. The second-order valence-corrected chi connectivity index (χ2v) is 5.05. The number of pyridine rings is 1. The van der Waals surface area contributed by atoms with Crippen LogP contribution in [-0.4, -0.2) is 18.0 Å². The Morgan fingerprint density at radius 1 is 1.17 bits per heavy atom. The van der Waals surface area contributed by atoms with E-state index in [9.17, 15) is 4.79 Å². The van der Waals surface area contributed by atoms with Gasteiger partial charge in [-0.2, -0.15) is 0 Å². The number of rotatable bonds is 6. The highest BCUT2D eigenvalue weighted by Gasteiger charge is 2.08. The SMILES string of the molecule is COc1ccc(Nc2ccnc(C(=O)NCc3ccco3)c2)cc1. The molecule has 0 saturated carbocycles. The summed E-state index contributed by atoms with van der Waals surface area (Å²) in [6.07, 6.45) is 3.16. The summed E-state index contributed by atoms with van der Waals surface area (Å²) in [6, 6.07) is 14.6. The summed E-state index contributed by atoms with van der Waals surface area (Å²) in [5.74, 6) is 1.22. The van der Waals surface area contributed by atoms with Gasteiger partial charge in [-0.3, -0.25) is 9.78 Å². The predicted octanol–water partition coefficient (Wildman–Crippen LogP) is 3.36. The van der Waals surface area contributed by atoms with Crippen LogP contribution in [0.5, 0.6) is 5.75 Å². The van der Waals surface area contributed by atoms with Crippen LogP contribution in [0.15, 0.2) is 65.4 Å². The zero-order chi connectivity index (χ0) is 16.8. The quantitative estimate of drug-likeness (QED) is 0.727. The highest BCUT2D eigenvalue weighted by atomic mass is 16.5. The van der Waals surface area contributed by atoms with Crippen molar-refractivity contribution in [3.05, 3.63) is 72.4 Å².